The number of thioether (sulfide) groups is 1. The largest absolute Gasteiger partial charge is 0.368 e. The second kappa shape index (κ2) is 16.6. The molecule has 10 heteroatoms. The number of nitrogens with zero attached hydrogens (tertiary/aromatic N) is 1. The normalized spacial score (nSPS) is 24.6. The summed E-state index contributed by atoms with van der Waals surface area (Å²) in [4.78, 5) is 56.2. The lowest BCUT2D eigenvalue weighted by Crippen LogP contribution is -2.64. The summed E-state index contributed by atoms with van der Waals surface area (Å²) in [7, 11) is 0. The minimum atomic E-state index is -0.810. The van der Waals surface area contributed by atoms with Crippen molar-refractivity contribution < 1.29 is 19.2 Å². The van der Waals surface area contributed by atoms with Gasteiger partial charge in [0.05, 0.1) is 12.6 Å². The Kier molecular flexibility index (Phi) is 12.4. The summed E-state index contributed by atoms with van der Waals surface area (Å²) in [6, 6.07) is 17.3. The van der Waals surface area contributed by atoms with Crippen molar-refractivity contribution in [2.45, 2.75) is 82.5 Å². The first-order chi connectivity index (χ1) is 22.8. The summed E-state index contributed by atoms with van der Waals surface area (Å²) in [5.41, 5.74) is 8.02. The number of likely N-dealkylation sites (N-methyl/N-ethyl adjacent to an activating group) is 1. The van der Waals surface area contributed by atoms with Crippen LogP contribution in [-0.4, -0.2) is 77.8 Å². The highest BCUT2D eigenvalue weighted by molar-refractivity contribution is 7.98. The molecule has 5 N–H and O–H groups in total. The number of hydrogen-bond acceptors (Lipinski definition) is 6. The minimum Gasteiger partial charge on any atom is -0.368 e. The van der Waals surface area contributed by atoms with Gasteiger partial charge in [0.25, 0.3) is 0 Å². The summed E-state index contributed by atoms with van der Waals surface area (Å²) in [6.45, 7) is 2.29. The number of nitrogens with two attached hydrogens (primary N) is 1. The van der Waals surface area contributed by atoms with E-state index in [1.807, 2.05) is 73.8 Å². The van der Waals surface area contributed by atoms with E-state index in [1.165, 1.54) is 6.42 Å². The van der Waals surface area contributed by atoms with Crippen LogP contribution in [0.3, 0.4) is 0 Å². The van der Waals surface area contributed by atoms with E-state index < -0.39 is 29.9 Å². The molecule has 3 atom stereocenters. The Bertz CT molecular complexity index is 1330. The molecule has 4 aliphatic rings. The zero-order valence-corrected chi connectivity index (χ0v) is 28.6. The first kappa shape index (κ1) is 35.0. The summed E-state index contributed by atoms with van der Waals surface area (Å²) in [5.74, 6) is 1.25. The third kappa shape index (κ3) is 8.96. The van der Waals surface area contributed by atoms with Gasteiger partial charge in [0.1, 0.15) is 12.1 Å². The first-order valence-electron chi connectivity index (χ1n) is 17.3. The molecule has 2 aromatic carbocycles. The molecule has 47 heavy (non-hydrogen) atoms. The van der Waals surface area contributed by atoms with E-state index >= 15 is 0 Å². The van der Waals surface area contributed by atoms with Crippen molar-refractivity contribution >= 4 is 35.4 Å². The van der Waals surface area contributed by atoms with Gasteiger partial charge in [-0.1, -0.05) is 67.6 Å². The summed E-state index contributed by atoms with van der Waals surface area (Å²) in [5, 5.41) is 9.06. The number of benzene rings is 2. The van der Waals surface area contributed by atoms with Gasteiger partial charge in [0.2, 0.25) is 23.6 Å². The van der Waals surface area contributed by atoms with E-state index in [0.29, 0.717) is 55.2 Å². The number of carbonyl (C=O) groups excluding carboxylic acids is 4. The molecule has 6 rings (SSSR count). The van der Waals surface area contributed by atoms with Gasteiger partial charge in [-0.3, -0.25) is 19.2 Å². The van der Waals surface area contributed by atoms with Crippen LogP contribution >= 0.6 is 11.8 Å². The predicted octanol–water partition coefficient (Wildman–Crippen LogP) is 3.31. The summed E-state index contributed by atoms with van der Waals surface area (Å²) < 4.78 is 0. The van der Waals surface area contributed by atoms with E-state index in [-0.39, 0.29) is 24.4 Å². The number of amides is 4. The maximum atomic E-state index is 14.3. The molecule has 0 saturated heterocycles. The van der Waals surface area contributed by atoms with E-state index in [4.69, 9.17) is 5.73 Å². The molecule has 0 aromatic heterocycles. The quantitative estimate of drug-likeness (QED) is 0.206. The van der Waals surface area contributed by atoms with Crippen LogP contribution in [0.4, 0.5) is 0 Å². The Morgan fingerprint density at radius 1 is 0.830 bits per heavy atom. The van der Waals surface area contributed by atoms with Crippen molar-refractivity contribution in [2.75, 3.05) is 25.1 Å². The minimum absolute atomic E-state index is 0.0701. The Morgan fingerprint density at radius 3 is 1.94 bits per heavy atom. The van der Waals surface area contributed by atoms with E-state index in [9.17, 15) is 19.2 Å². The fourth-order valence-electron chi connectivity index (χ4n) is 8.58. The standard InChI is InChI=1S/C37H51N5O4S/c1-3-39-31(21-24-10-6-4-7-11-24)37(46)41-30(14-15-47-2)36(45)40-23-33(43)42(32(35(38)44)22-25-12-8-5-9-13-25)34-28-17-26-16-27(19-28)20-29(34)18-26/h4-13,26-32,34,39H,3,14-23H2,1-2H3,(H2,38,44)(H,40,45)(H,41,46)/t26?,27?,28?,29?,30-,31+,32+,34?/m1/s1. The molecule has 0 unspecified atom stereocenters. The van der Waals surface area contributed by atoms with Crippen LogP contribution < -0.4 is 21.7 Å². The SMILES string of the molecule is CCN[C@@H](Cc1ccccc1)C(=O)N[C@H](CCSC)C(=O)NCC(=O)N(C1C2CC3CC(C2)CC1C3)[C@@H](Cc1ccccc1)C(N)=O. The Labute approximate surface area is 283 Å². The number of carbonyl (C=O) groups is 4. The molecule has 4 saturated carbocycles. The van der Waals surface area contributed by atoms with Crippen molar-refractivity contribution in [3.05, 3.63) is 71.8 Å². The number of primary amides is 1. The van der Waals surface area contributed by atoms with Gasteiger partial charge in [-0.2, -0.15) is 11.8 Å². The number of nitrogens with one attached hydrogen (secondary N) is 3. The monoisotopic (exact) mass is 661 g/mol. The molecule has 9 nitrogen and oxygen atoms in total. The zero-order valence-electron chi connectivity index (χ0n) is 27.7. The molecule has 4 aliphatic carbocycles. The first-order valence-corrected chi connectivity index (χ1v) is 18.6. The van der Waals surface area contributed by atoms with Gasteiger partial charge >= 0.3 is 0 Å². The lowest BCUT2D eigenvalue weighted by atomic mass is 9.53. The Balaban J connectivity index is 1.31. The van der Waals surface area contributed by atoms with Crippen LogP contribution in [0.2, 0.25) is 0 Å². The van der Waals surface area contributed by atoms with Gasteiger partial charge < -0.3 is 26.6 Å². The fraction of sp³-hybridized carbons (Fsp3) is 0.568. The lowest BCUT2D eigenvalue weighted by Gasteiger charge is -2.58. The molecule has 0 aliphatic heterocycles. The maximum Gasteiger partial charge on any atom is 0.243 e. The molecular formula is C37H51N5O4S. The average molecular weight is 662 g/mol. The third-order valence-corrected chi connectivity index (χ3v) is 11.1. The van der Waals surface area contributed by atoms with E-state index in [1.54, 1.807) is 16.7 Å². The van der Waals surface area contributed by atoms with Crippen LogP contribution in [0.25, 0.3) is 0 Å². The number of hydrogen-bond donors (Lipinski definition) is 4. The Morgan fingerprint density at radius 2 is 1.40 bits per heavy atom. The van der Waals surface area contributed by atoms with Crippen LogP contribution in [-0.2, 0) is 32.0 Å². The zero-order chi connectivity index (χ0) is 33.3. The van der Waals surface area contributed by atoms with Crippen LogP contribution in [0.5, 0.6) is 0 Å². The average Bonchev–Trinajstić information content (AvgIpc) is 3.06. The third-order valence-electron chi connectivity index (χ3n) is 10.4. The molecule has 0 spiro atoms. The molecule has 0 radical (unpaired) electrons. The predicted molar refractivity (Wildman–Crippen MR) is 186 cm³/mol. The van der Waals surface area contributed by atoms with Crippen molar-refractivity contribution in [2.24, 2.45) is 29.4 Å². The van der Waals surface area contributed by atoms with Crippen LogP contribution in [0, 0.1) is 23.7 Å². The second-order valence-electron chi connectivity index (χ2n) is 13.7. The molecule has 4 amide bonds. The Hall–Kier alpha value is -3.37. The highest BCUT2D eigenvalue weighted by Crippen LogP contribution is 2.55. The van der Waals surface area contributed by atoms with Gasteiger partial charge in [-0.05, 0) is 98.3 Å². The molecule has 2 aromatic rings. The van der Waals surface area contributed by atoms with Gasteiger partial charge in [-0.15, -0.1) is 0 Å². The molecule has 4 bridgehead atoms. The lowest BCUT2D eigenvalue weighted by molar-refractivity contribution is -0.153. The highest BCUT2D eigenvalue weighted by atomic mass is 32.2. The van der Waals surface area contributed by atoms with E-state index in [2.05, 4.69) is 16.0 Å². The fourth-order valence-corrected chi connectivity index (χ4v) is 9.05. The summed E-state index contributed by atoms with van der Waals surface area (Å²) >= 11 is 1.59. The van der Waals surface area contributed by atoms with Gasteiger partial charge in [0, 0.05) is 12.5 Å². The highest BCUT2D eigenvalue weighted by Gasteiger charge is 2.52. The van der Waals surface area contributed by atoms with Crippen molar-refractivity contribution in [1.29, 1.82) is 0 Å². The summed E-state index contributed by atoms with van der Waals surface area (Å²) in [6.07, 6.45) is 8.77. The second-order valence-corrected chi connectivity index (χ2v) is 14.7. The molecule has 254 valence electrons. The van der Waals surface area contributed by atoms with Crippen molar-refractivity contribution in [3.63, 3.8) is 0 Å². The smallest absolute Gasteiger partial charge is 0.243 e. The van der Waals surface area contributed by atoms with E-state index in [0.717, 1.165) is 36.8 Å². The van der Waals surface area contributed by atoms with Gasteiger partial charge in [-0.25, -0.2) is 0 Å². The van der Waals surface area contributed by atoms with Crippen LogP contribution in [0.15, 0.2) is 60.7 Å². The molecule has 4 fully saturated rings. The molecule has 0 heterocycles. The van der Waals surface area contributed by atoms with Crippen molar-refractivity contribution in [1.82, 2.24) is 20.9 Å². The maximum absolute atomic E-state index is 14.3. The van der Waals surface area contributed by atoms with Gasteiger partial charge in [0.15, 0.2) is 0 Å². The van der Waals surface area contributed by atoms with Crippen LogP contribution in [0.1, 0.15) is 56.6 Å². The topological polar surface area (TPSA) is 134 Å². The number of rotatable bonds is 17. The van der Waals surface area contributed by atoms with Crippen molar-refractivity contribution in [3.8, 4) is 0 Å². The molecular weight excluding hydrogens is 611 g/mol.